The Morgan fingerprint density at radius 3 is 1.33 bits per heavy atom. The Bertz CT molecular complexity index is 2530. The molecule has 0 amide bonds. The number of nitrogens with zero attached hydrogens (tertiary/aromatic N) is 2. The molecule has 0 aliphatic heterocycles. The number of fused-ring (bicyclic) bond motifs is 3. The van der Waals surface area contributed by atoms with Gasteiger partial charge in [0.05, 0.1) is 11.7 Å². The minimum atomic E-state index is 0.670. The van der Waals surface area contributed by atoms with Crippen molar-refractivity contribution in [3.05, 3.63) is 145 Å². The zero-order valence-corrected chi connectivity index (χ0v) is 32.9. The topological polar surface area (TPSA) is 25.8 Å². The van der Waals surface area contributed by atoms with Gasteiger partial charge in [0, 0.05) is 11.1 Å². The molecule has 0 N–H and O–H groups in total. The minimum absolute atomic E-state index is 0.670. The quantitative estimate of drug-likeness (QED) is 0.118. The van der Waals surface area contributed by atoms with E-state index in [-0.39, 0.29) is 0 Å². The molecule has 0 bridgehead atoms. The van der Waals surface area contributed by atoms with Crippen molar-refractivity contribution < 1.29 is 0 Å². The summed E-state index contributed by atoms with van der Waals surface area (Å²) in [6.45, 7) is 9.26. The van der Waals surface area contributed by atoms with E-state index in [1.807, 2.05) is 0 Å². The maximum Gasteiger partial charge on any atom is 0.113 e. The van der Waals surface area contributed by atoms with Gasteiger partial charge in [0.1, 0.15) is 11.0 Å². The molecule has 3 heteroatoms. The highest BCUT2D eigenvalue weighted by Gasteiger charge is 2.17. The van der Waals surface area contributed by atoms with Gasteiger partial charge in [-0.25, -0.2) is 0 Å². The van der Waals surface area contributed by atoms with Crippen LogP contribution in [0.15, 0.2) is 133 Å². The third-order valence-corrected chi connectivity index (χ3v) is 12.3. The molecule has 8 aromatic rings. The van der Waals surface area contributed by atoms with Crippen LogP contribution in [0, 0.1) is 11.8 Å². The van der Waals surface area contributed by atoms with E-state index >= 15 is 0 Å². The number of hydrogen-bond donors (Lipinski definition) is 0. The Balaban J connectivity index is 1.07. The van der Waals surface area contributed by atoms with Gasteiger partial charge in [0.2, 0.25) is 0 Å². The van der Waals surface area contributed by atoms with Crippen molar-refractivity contribution in [2.45, 2.75) is 72.6 Å². The first-order valence-corrected chi connectivity index (χ1v) is 20.8. The van der Waals surface area contributed by atoms with Crippen LogP contribution in [0.1, 0.15) is 70.9 Å². The molecule has 54 heavy (non-hydrogen) atoms. The summed E-state index contributed by atoms with van der Waals surface area (Å²) in [5.41, 5.74) is 14.4. The molecule has 0 spiro atoms. The van der Waals surface area contributed by atoms with Crippen molar-refractivity contribution in [2.24, 2.45) is 11.8 Å². The Labute approximate surface area is 325 Å². The molecule has 2 atom stereocenters. The lowest BCUT2D eigenvalue weighted by molar-refractivity contribution is 0.450. The van der Waals surface area contributed by atoms with Crippen molar-refractivity contribution in [3.8, 4) is 44.5 Å². The second-order valence-electron chi connectivity index (χ2n) is 15.3. The van der Waals surface area contributed by atoms with E-state index in [9.17, 15) is 0 Å². The highest BCUT2D eigenvalue weighted by atomic mass is 32.1. The third-order valence-electron chi connectivity index (χ3n) is 11.8. The first-order chi connectivity index (χ1) is 26.6. The molecular weight excluding hydrogens is 673 g/mol. The maximum atomic E-state index is 4.83. The molecule has 7 aromatic carbocycles. The molecule has 0 aliphatic rings. The zero-order chi connectivity index (χ0) is 37.0. The SMILES string of the molecule is CCCCC(CC)Cc1ccc(-c2ccc(-c3ccc(-c4ccc(-c5ccc(CC(C)CC)c6ccccc56)cc4)c4nsnc34)cc2)c2ccccc12. The molecule has 0 radical (unpaired) electrons. The van der Waals surface area contributed by atoms with Gasteiger partial charge in [-0.2, -0.15) is 8.75 Å². The number of aromatic nitrogens is 2. The van der Waals surface area contributed by atoms with Crippen molar-refractivity contribution in [2.75, 3.05) is 0 Å². The fourth-order valence-corrected chi connectivity index (χ4v) is 8.92. The summed E-state index contributed by atoms with van der Waals surface area (Å²) in [7, 11) is 0. The largest absolute Gasteiger partial charge is 0.172 e. The second-order valence-corrected chi connectivity index (χ2v) is 15.8. The monoisotopic (exact) mass is 722 g/mol. The van der Waals surface area contributed by atoms with Gasteiger partial charge in [-0.05, 0) is 90.7 Å². The number of hydrogen-bond acceptors (Lipinski definition) is 3. The van der Waals surface area contributed by atoms with Gasteiger partial charge < -0.3 is 0 Å². The van der Waals surface area contributed by atoms with Gasteiger partial charge in [-0.3, -0.25) is 0 Å². The number of benzene rings is 7. The Hall–Kier alpha value is -5.12. The summed E-state index contributed by atoms with van der Waals surface area (Å²) in [6.07, 6.45) is 8.57. The van der Waals surface area contributed by atoms with Crippen LogP contribution >= 0.6 is 11.7 Å². The second kappa shape index (κ2) is 16.1. The normalized spacial score (nSPS) is 12.8. The molecular formula is C51H50N2S. The first-order valence-electron chi connectivity index (χ1n) is 20.0. The molecule has 8 rings (SSSR count). The smallest absolute Gasteiger partial charge is 0.113 e. The average molecular weight is 723 g/mol. The van der Waals surface area contributed by atoms with Crippen molar-refractivity contribution >= 4 is 44.3 Å². The lowest BCUT2D eigenvalue weighted by Gasteiger charge is -2.17. The molecule has 270 valence electrons. The van der Waals surface area contributed by atoms with Crippen LogP contribution in [0.3, 0.4) is 0 Å². The molecule has 2 nitrogen and oxygen atoms in total. The minimum Gasteiger partial charge on any atom is -0.172 e. The summed E-state index contributed by atoms with van der Waals surface area (Å²) in [5, 5.41) is 5.40. The van der Waals surface area contributed by atoms with Crippen LogP contribution in [0.2, 0.25) is 0 Å². The Morgan fingerprint density at radius 2 is 0.889 bits per heavy atom. The zero-order valence-electron chi connectivity index (χ0n) is 32.1. The average Bonchev–Trinajstić information content (AvgIpc) is 3.73. The molecule has 0 aliphatic carbocycles. The lowest BCUT2D eigenvalue weighted by atomic mass is 9.87. The standard InChI is InChI=1S/C51H50N2S/c1-5-8-13-35(7-3)33-41-27-29-45(49-17-12-10-15-43(41)49)37-20-24-39(25-21-37)47-31-30-46(50-51(47)53-54-52-50)38-22-18-36(19-23-38)44-28-26-40(32-34(4)6-2)42-14-9-11-16-48(42)44/h9-12,14-31,34-35H,5-8,13,32-33H2,1-4H3. The molecule has 1 heterocycles. The Morgan fingerprint density at radius 1 is 0.463 bits per heavy atom. The van der Waals surface area contributed by atoms with E-state index in [2.05, 4.69) is 161 Å². The maximum absolute atomic E-state index is 4.83. The van der Waals surface area contributed by atoms with Gasteiger partial charge >= 0.3 is 0 Å². The molecule has 2 unspecified atom stereocenters. The van der Waals surface area contributed by atoms with Crippen LogP contribution in [0.4, 0.5) is 0 Å². The van der Waals surface area contributed by atoms with Crippen LogP contribution in [-0.4, -0.2) is 8.75 Å². The summed E-state index contributed by atoms with van der Waals surface area (Å²) < 4.78 is 9.65. The number of rotatable bonds is 13. The van der Waals surface area contributed by atoms with Gasteiger partial charge in [0.25, 0.3) is 0 Å². The predicted octanol–water partition coefficient (Wildman–Crippen LogP) is 15.0. The van der Waals surface area contributed by atoms with Crippen molar-refractivity contribution in [1.82, 2.24) is 8.75 Å². The number of unbranched alkanes of at least 4 members (excludes halogenated alkanes) is 1. The molecule has 1 aromatic heterocycles. The Kier molecular flexibility index (Phi) is 10.7. The van der Waals surface area contributed by atoms with Crippen LogP contribution in [0.5, 0.6) is 0 Å². The van der Waals surface area contributed by atoms with E-state index in [1.54, 1.807) is 0 Å². The van der Waals surface area contributed by atoms with Gasteiger partial charge in [-0.15, -0.1) is 0 Å². The van der Waals surface area contributed by atoms with E-state index < -0.39 is 0 Å². The highest BCUT2D eigenvalue weighted by Crippen LogP contribution is 2.39. The van der Waals surface area contributed by atoms with E-state index in [0.29, 0.717) is 5.92 Å². The fourth-order valence-electron chi connectivity index (χ4n) is 8.35. The van der Waals surface area contributed by atoms with Crippen molar-refractivity contribution in [1.29, 1.82) is 0 Å². The molecule has 0 saturated heterocycles. The third kappa shape index (κ3) is 7.10. The van der Waals surface area contributed by atoms with Crippen LogP contribution < -0.4 is 0 Å². The van der Waals surface area contributed by atoms with Crippen LogP contribution in [-0.2, 0) is 12.8 Å². The summed E-state index contributed by atoms with van der Waals surface area (Å²) in [6, 6.07) is 49.7. The molecule has 0 saturated carbocycles. The summed E-state index contributed by atoms with van der Waals surface area (Å²) >= 11 is 1.29. The predicted molar refractivity (Wildman–Crippen MR) is 234 cm³/mol. The van der Waals surface area contributed by atoms with E-state index in [4.69, 9.17) is 8.75 Å². The van der Waals surface area contributed by atoms with Gasteiger partial charge in [-0.1, -0.05) is 193 Å². The van der Waals surface area contributed by atoms with E-state index in [1.165, 1.54) is 98.8 Å². The van der Waals surface area contributed by atoms with Crippen molar-refractivity contribution in [3.63, 3.8) is 0 Å². The van der Waals surface area contributed by atoms with Gasteiger partial charge in [0.15, 0.2) is 0 Å². The van der Waals surface area contributed by atoms with E-state index in [0.717, 1.165) is 52.0 Å². The van der Waals surface area contributed by atoms with Crippen LogP contribution in [0.25, 0.3) is 77.1 Å². The molecule has 0 fully saturated rings. The highest BCUT2D eigenvalue weighted by molar-refractivity contribution is 7.00. The first kappa shape index (κ1) is 35.9. The lowest BCUT2D eigenvalue weighted by Crippen LogP contribution is -2.04. The fraction of sp³-hybridized carbons (Fsp3) is 0.255. The summed E-state index contributed by atoms with van der Waals surface area (Å²) in [4.78, 5) is 0. The summed E-state index contributed by atoms with van der Waals surface area (Å²) in [5.74, 6) is 1.41.